The first-order valence-corrected chi connectivity index (χ1v) is 5.79. The predicted molar refractivity (Wildman–Crippen MR) is 60.2 cm³/mol. The highest BCUT2D eigenvalue weighted by atomic mass is 32.2. The summed E-state index contributed by atoms with van der Waals surface area (Å²) in [6.45, 7) is 1.79. The van der Waals surface area contributed by atoms with Gasteiger partial charge in [-0.15, -0.1) is 11.8 Å². The highest BCUT2D eigenvalue weighted by Crippen LogP contribution is 2.29. The summed E-state index contributed by atoms with van der Waals surface area (Å²) in [6, 6.07) is 5.94. The maximum atomic E-state index is 9.38. The van der Waals surface area contributed by atoms with Crippen LogP contribution in [0.1, 0.15) is 12.5 Å². The van der Waals surface area contributed by atoms with Gasteiger partial charge in [-0.05, 0) is 25.3 Å². The van der Waals surface area contributed by atoms with Gasteiger partial charge in [-0.25, -0.2) is 0 Å². The lowest BCUT2D eigenvalue weighted by atomic mass is 10.1. The Balaban J connectivity index is 3.05. The number of rotatable bonds is 4. The molecule has 0 saturated carbocycles. The van der Waals surface area contributed by atoms with E-state index in [0.29, 0.717) is 6.42 Å². The van der Waals surface area contributed by atoms with Crippen LogP contribution >= 0.6 is 11.8 Å². The van der Waals surface area contributed by atoms with Crippen molar-refractivity contribution < 1.29 is 9.84 Å². The summed E-state index contributed by atoms with van der Waals surface area (Å²) in [7, 11) is 1.66. The van der Waals surface area contributed by atoms with E-state index in [-0.39, 0.29) is 6.10 Å². The lowest BCUT2D eigenvalue weighted by Crippen LogP contribution is -2.06. The van der Waals surface area contributed by atoms with Crippen LogP contribution in [0.3, 0.4) is 0 Å². The molecular weight excluding hydrogens is 196 g/mol. The van der Waals surface area contributed by atoms with Crippen molar-refractivity contribution >= 4 is 11.8 Å². The molecule has 78 valence electrons. The zero-order valence-electron chi connectivity index (χ0n) is 8.78. The zero-order valence-corrected chi connectivity index (χ0v) is 9.60. The predicted octanol–water partition coefficient (Wildman–Crippen LogP) is 2.34. The Bertz CT molecular complexity index is 275. The Labute approximate surface area is 89.3 Å². The van der Waals surface area contributed by atoms with E-state index in [0.717, 1.165) is 11.3 Å². The zero-order chi connectivity index (χ0) is 10.6. The van der Waals surface area contributed by atoms with Crippen LogP contribution in [0.5, 0.6) is 5.75 Å². The van der Waals surface area contributed by atoms with Crippen molar-refractivity contribution in [3.05, 3.63) is 23.8 Å². The first-order chi connectivity index (χ1) is 6.69. The highest BCUT2D eigenvalue weighted by molar-refractivity contribution is 7.98. The molecule has 2 nitrogen and oxygen atoms in total. The third-order valence-electron chi connectivity index (χ3n) is 2.03. The largest absolute Gasteiger partial charge is 0.496 e. The van der Waals surface area contributed by atoms with Gasteiger partial charge in [0.2, 0.25) is 0 Å². The van der Waals surface area contributed by atoms with Crippen LogP contribution in [0.2, 0.25) is 0 Å². The van der Waals surface area contributed by atoms with Gasteiger partial charge in [-0.1, -0.05) is 6.07 Å². The van der Waals surface area contributed by atoms with Crippen LogP contribution in [-0.2, 0) is 6.42 Å². The Hall–Kier alpha value is -0.670. The van der Waals surface area contributed by atoms with Gasteiger partial charge in [0, 0.05) is 16.9 Å². The second kappa shape index (κ2) is 5.27. The van der Waals surface area contributed by atoms with Crippen molar-refractivity contribution in [2.24, 2.45) is 0 Å². The van der Waals surface area contributed by atoms with Gasteiger partial charge in [0.1, 0.15) is 5.75 Å². The van der Waals surface area contributed by atoms with Crippen molar-refractivity contribution in [3.63, 3.8) is 0 Å². The van der Waals surface area contributed by atoms with Crippen molar-refractivity contribution in [2.45, 2.75) is 24.3 Å². The van der Waals surface area contributed by atoms with Crippen LogP contribution < -0.4 is 4.74 Å². The van der Waals surface area contributed by atoms with Crippen molar-refractivity contribution in [1.82, 2.24) is 0 Å². The molecule has 0 aliphatic heterocycles. The monoisotopic (exact) mass is 212 g/mol. The van der Waals surface area contributed by atoms with E-state index < -0.39 is 0 Å². The van der Waals surface area contributed by atoms with Crippen LogP contribution in [0.4, 0.5) is 0 Å². The molecule has 1 aromatic rings. The summed E-state index contributed by atoms with van der Waals surface area (Å²) < 4.78 is 5.26. The first kappa shape index (κ1) is 11.4. The lowest BCUT2D eigenvalue weighted by Gasteiger charge is -2.13. The Kier molecular flexibility index (Phi) is 4.29. The molecule has 0 heterocycles. The maximum absolute atomic E-state index is 9.38. The second-order valence-electron chi connectivity index (χ2n) is 3.19. The van der Waals surface area contributed by atoms with E-state index in [2.05, 4.69) is 0 Å². The summed E-state index contributed by atoms with van der Waals surface area (Å²) in [5.74, 6) is 0.859. The van der Waals surface area contributed by atoms with Gasteiger partial charge < -0.3 is 9.84 Å². The first-order valence-electron chi connectivity index (χ1n) is 4.57. The molecule has 0 amide bonds. The van der Waals surface area contributed by atoms with Crippen LogP contribution in [-0.4, -0.2) is 24.6 Å². The minimum atomic E-state index is -0.336. The van der Waals surface area contributed by atoms with E-state index in [1.165, 1.54) is 4.90 Å². The van der Waals surface area contributed by atoms with Crippen LogP contribution in [0, 0.1) is 0 Å². The molecule has 0 aliphatic carbocycles. The molecule has 0 aromatic heterocycles. The fraction of sp³-hybridized carbons (Fsp3) is 0.455. The fourth-order valence-electron chi connectivity index (χ4n) is 1.42. The van der Waals surface area contributed by atoms with Crippen LogP contribution in [0.15, 0.2) is 23.1 Å². The number of aliphatic hydroxyl groups is 1. The Morgan fingerprint density at radius 3 is 2.71 bits per heavy atom. The molecule has 1 aromatic carbocycles. The molecular formula is C11H16O2S. The standard InChI is InChI=1S/C11H16O2S/c1-8(12)7-9-10(13-2)5-4-6-11(9)14-3/h4-6,8,12H,7H2,1-3H3. The molecule has 1 unspecified atom stereocenters. The molecule has 0 radical (unpaired) electrons. The Morgan fingerprint density at radius 1 is 1.50 bits per heavy atom. The average Bonchev–Trinajstić information content (AvgIpc) is 2.17. The van der Waals surface area contributed by atoms with Crippen LogP contribution in [0.25, 0.3) is 0 Å². The quantitative estimate of drug-likeness (QED) is 0.777. The molecule has 0 bridgehead atoms. The topological polar surface area (TPSA) is 29.5 Å². The third-order valence-corrected chi connectivity index (χ3v) is 2.85. The SMILES string of the molecule is COc1cccc(SC)c1CC(C)O. The van der Waals surface area contributed by atoms with Gasteiger partial charge in [-0.2, -0.15) is 0 Å². The van der Waals surface area contributed by atoms with E-state index >= 15 is 0 Å². The van der Waals surface area contributed by atoms with Gasteiger partial charge in [-0.3, -0.25) is 0 Å². The highest BCUT2D eigenvalue weighted by Gasteiger charge is 2.10. The minimum Gasteiger partial charge on any atom is -0.496 e. The number of methoxy groups -OCH3 is 1. The molecule has 14 heavy (non-hydrogen) atoms. The number of hydrogen-bond acceptors (Lipinski definition) is 3. The molecule has 1 N–H and O–H groups in total. The van der Waals surface area contributed by atoms with Gasteiger partial charge in [0.25, 0.3) is 0 Å². The average molecular weight is 212 g/mol. The molecule has 1 rings (SSSR count). The van der Waals surface area contributed by atoms with Gasteiger partial charge in [0.05, 0.1) is 13.2 Å². The van der Waals surface area contributed by atoms with Crippen molar-refractivity contribution in [1.29, 1.82) is 0 Å². The molecule has 0 fully saturated rings. The minimum absolute atomic E-state index is 0.336. The van der Waals surface area contributed by atoms with E-state index in [1.54, 1.807) is 25.8 Å². The number of benzene rings is 1. The number of ether oxygens (including phenoxy) is 1. The summed E-state index contributed by atoms with van der Waals surface area (Å²) >= 11 is 1.68. The molecule has 1 atom stereocenters. The molecule has 3 heteroatoms. The van der Waals surface area contributed by atoms with E-state index in [4.69, 9.17) is 4.74 Å². The number of hydrogen-bond donors (Lipinski definition) is 1. The molecule has 0 aliphatic rings. The summed E-state index contributed by atoms with van der Waals surface area (Å²) in [6.07, 6.45) is 2.33. The van der Waals surface area contributed by atoms with Gasteiger partial charge >= 0.3 is 0 Å². The van der Waals surface area contributed by atoms with E-state index in [9.17, 15) is 5.11 Å². The second-order valence-corrected chi connectivity index (χ2v) is 4.04. The summed E-state index contributed by atoms with van der Waals surface area (Å²) in [5, 5.41) is 9.38. The lowest BCUT2D eigenvalue weighted by molar-refractivity contribution is 0.193. The van der Waals surface area contributed by atoms with Gasteiger partial charge in [0.15, 0.2) is 0 Å². The number of aliphatic hydroxyl groups excluding tert-OH is 1. The smallest absolute Gasteiger partial charge is 0.123 e. The summed E-state index contributed by atoms with van der Waals surface area (Å²) in [5.41, 5.74) is 1.09. The third kappa shape index (κ3) is 2.66. The molecule has 0 saturated heterocycles. The summed E-state index contributed by atoms with van der Waals surface area (Å²) in [4.78, 5) is 1.17. The normalized spacial score (nSPS) is 12.6. The number of thioether (sulfide) groups is 1. The van der Waals surface area contributed by atoms with Crippen molar-refractivity contribution in [3.8, 4) is 5.75 Å². The van der Waals surface area contributed by atoms with E-state index in [1.807, 2.05) is 24.5 Å². The maximum Gasteiger partial charge on any atom is 0.123 e. The molecule has 0 spiro atoms. The van der Waals surface area contributed by atoms with Crippen molar-refractivity contribution in [2.75, 3.05) is 13.4 Å². The fourth-order valence-corrected chi connectivity index (χ4v) is 2.07. The Morgan fingerprint density at radius 2 is 2.21 bits per heavy atom.